The predicted octanol–water partition coefficient (Wildman–Crippen LogP) is 1.19. The first-order valence-corrected chi connectivity index (χ1v) is 5.62. The van der Waals surface area contributed by atoms with Gasteiger partial charge in [-0.1, -0.05) is 29.3 Å². The van der Waals surface area contributed by atoms with Gasteiger partial charge in [0.25, 0.3) is 0 Å². The molecule has 1 aliphatic rings. The quantitative estimate of drug-likeness (QED) is 0.687. The molecular weight excluding hydrogens is 200 g/mol. The summed E-state index contributed by atoms with van der Waals surface area (Å²) < 4.78 is 21.1. The van der Waals surface area contributed by atoms with Crippen molar-refractivity contribution in [2.45, 2.75) is 18.6 Å². The van der Waals surface area contributed by atoms with Gasteiger partial charge >= 0.3 is 0 Å². The fraction of sp³-hybridized carbons (Fsp3) is 0.300. The minimum Gasteiger partial charge on any atom is -0.772 e. The monoisotopic (exact) mass is 209 g/mol. The molecule has 74 valence electrons. The molecule has 0 fully saturated rings. The van der Waals surface area contributed by atoms with Crippen LogP contribution >= 0.6 is 0 Å². The molecule has 1 unspecified atom stereocenters. The third-order valence-corrected chi connectivity index (χ3v) is 2.96. The van der Waals surface area contributed by atoms with Crippen molar-refractivity contribution < 1.29 is 13.6 Å². The summed E-state index contributed by atoms with van der Waals surface area (Å²) in [7, 11) is 0. The van der Waals surface area contributed by atoms with Gasteiger partial charge in [0.05, 0.1) is 0 Å². The van der Waals surface area contributed by atoms with E-state index in [-0.39, 0.29) is 11.5 Å². The first-order valence-electron chi connectivity index (χ1n) is 4.38. The molecule has 0 bridgehead atoms. The molecule has 0 aliphatic heterocycles. The summed E-state index contributed by atoms with van der Waals surface area (Å²) in [6.07, 6.45) is 1.26. The molecule has 14 heavy (non-hydrogen) atoms. The van der Waals surface area contributed by atoms with Gasteiger partial charge in [0.2, 0.25) is 0 Å². The average molecular weight is 209 g/mol. The Morgan fingerprint density at radius 2 is 2.14 bits per heavy atom. The van der Waals surface area contributed by atoms with Crippen LogP contribution in [0.2, 0.25) is 0 Å². The van der Waals surface area contributed by atoms with Crippen LogP contribution in [0.4, 0.5) is 0 Å². The molecule has 0 saturated heterocycles. The zero-order valence-corrected chi connectivity index (χ0v) is 8.30. The number of fused-ring (bicyclic) bond motifs is 1. The van der Waals surface area contributed by atoms with Crippen molar-refractivity contribution in [2.24, 2.45) is 0 Å². The van der Waals surface area contributed by atoms with Crippen LogP contribution in [0, 0.1) is 0 Å². The van der Waals surface area contributed by atoms with Crippen molar-refractivity contribution in [1.82, 2.24) is 0 Å². The van der Waals surface area contributed by atoms with E-state index in [1.165, 1.54) is 0 Å². The summed E-state index contributed by atoms with van der Waals surface area (Å²) in [5.74, 6) is 0.00981. The number of rotatable bonds is 2. The molecular formula is C10H9O3S-. The number of aryl methyl sites for hydroxylation is 1. The van der Waals surface area contributed by atoms with Crippen molar-refractivity contribution in [1.29, 1.82) is 0 Å². The molecule has 0 radical (unpaired) electrons. The number of carbonyl (C=O) groups excluding carboxylic acids is 1. The number of hydrogen-bond donors (Lipinski definition) is 0. The van der Waals surface area contributed by atoms with Crippen LogP contribution in [-0.2, 0) is 23.3 Å². The van der Waals surface area contributed by atoms with Crippen LogP contribution in [-0.4, -0.2) is 14.5 Å². The molecule has 0 heterocycles. The fourth-order valence-corrected chi connectivity index (χ4v) is 2.33. The molecule has 0 saturated carbocycles. The molecule has 0 N–H and O–H groups in total. The van der Waals surface area contributed by atoms with Gasteiger partial charge in [-0.3, -0.25) is 9.00 Å². The molecule has 0 amide bonds. The highest BCUT2D eigenvalue weighted by Crippen LogP contribution is 2.25. The fourth-order valence-electron chi connectivity index (χ4n) is 1.84. The maximum atomic E-state index is 11.5. The number of carbonyl (C=O) groups is 1. The molecule has 1 aliphatic carbocycles. The van der Waals surface area contributed by atoms with E-state index in [1.54, 1.807) is 12.1 Å². The Labute approximate surface area is 84.4 Å². The highest BCUT2D eigenvalue weighted by molar-refractivity contribution is 7.78. The lowest BCUT2D eigenvalue weighted by Gasteiger charge is -2.08. The van der Waals surface area contributed by atoms with Crippen LogP contribution in [0.25, 0.3) is 0 Å². The molecule has 1 atom stereocenters. The number of hydrogen-bond acceptors (Lipinski definition) is 3. The van der Waals surface area contributed by atoms with Crippen LogP contribution in [0.15, 0.2) is 18.2 Å². The van der Waals surface area contributed by atoms with Crippen LogP contribution in [0.3, 0.4) is 0 Å². The summed E-state index contributed by atoms with van der Waals surface area (Å²) in [5, 5.41) is 0. The largest absolute Gasteiger partial charge is 0.772 e. The lowest BCUT2D eigenvalue weighted by Crippen LogP contribution is -2.02. The Kier molecular flexibility index (Phi) is 2.48. The second-order valence-electron chi connectivity index (χ2n) is 3.32. The number of Topliss-reactive ketones (excluding diaryl/α,β-unsaturated/α-hetero) is 1. The van der Waals surface area contributed by atoms with Crippen molar-refractivity contribution in [2.75, 3.05) is 0 Å². The highest BCUT2D eigenvalue weighted by atomic mass is 32.2. The highest BCUT2D eigenvalue weighted by Gasteiger charge is 2.21. The van der Waals surface area contributed by atoms with Gasteiger partial charge in [-0.2, -0.15) is 0 Å². The molecule has 1 aromatic rings. The Balaban J connectivity index is 2.46. The Hall–Kier alpha value is -1.00. The van der Waals surface area contributed by atoms with Gasteiger partial charge < -0.3 is 4.55 Å². The second-order valence-corrected chi connectivity index (χ2v) is 4.22. The summed E-state index contributed by atoms with van der Waals surface area (Å²) >= 11 is -2.13. The van der Waals surface area contributed by atoms with Crippen molar-refractivity contribution in [3.63, 3.8) is 0 Å². The third kappa shape index (κ3) is 1.63. The molecule has 0 spiro atoms. The van der Waals surface area contributed by atoms with E-state index in [1.807, 2.05) is 6.07 Å². The summed E-state index contributed by atoms with van der Waals surface area (Å²) in [4.78, 5) is 11.5. The van der Waals surface area contributed by atoms with E-state index in [2.05, 4.69) is 0 Å². The lowest BCUT2D eigenvalue weighted by atomic mass is 10.0. The molecule has 3 nitrogen and oxygen atoms in total. The molecule has 1 aromatic carbocycles. The number of benzene rings is 1. The van der Waals surface area contributed by atoms with E-state index in [9.17, 15) is 13.6 Å². The van der Waals surface area contributed by atoms with Crippen LogP contribution in [0.1, 0.15) is 27.9 Å². The topological polar surface area (TPSA) is 57.2 Å². The smallest absolute Gasteiger partial charge is 0.163 e. The zero-order chi connectivity index (χ0) is 10.1. The van der Waals surface area contributed by atoms with E-state index in [0.717, 1.165) is 12.0 Å². The van der Waals surface area contributed by atoms with Crippen molar-refractivity contribution in [3.05, 3.63) is 34.9 Å². The summed E-state index contributed by atoms with van der Waals surface area (Å²) in [5.41, 5.74) is 2.26. The Morgan fingerprint density at radius 3 is 2.86 bits per heavy atom. The first kappa shape index (κ1) is 9.55. The van der Waals surface area contributed by atoms with Crippen molar-refractivity contribution >= 4 is 16.9 Å². The van der Waals surface area contributed by atoms with Gasteiger partial charge in [-0.15, -0.1) is 0 Å². The van der Waals surface area contributed by atoms with Gasteiger partial charge in [0, 0.05) is 17.7 Å². The Bertz CT molecular complexity index is 412. The SMILES string of the molecule is O=C1CCc2cccc(CS(=O)[O-])c21. The van der Waals surface area contributed by atoms with Gasteiger partial charge in [0.15, 0.2) is 5.78 Å². The van der Waals surface area contributed by atoms with Crippen LogP contribution < -0.4 is 0 Å². The molecule has 0 aromatic heterocycles. The number of ketones is 1. The normalized spacial score (nSPS) is 16.8. The third-order valence-electron chi connectivity index (χ3n) is 2.41. The van der Waals surface area contributed by atoms with E-state index in [4.69, 9.17) is 0 Å². The van der Waals surface area contributed by atoms with Gasteiger partial charge in [0.1, 0.15) is 0 Å². The maximum Gasteiger partial charge on any atom is 0.163 e. The minimum absolute atomic E-state index is 0.0606. The van der Waals surface area contributed by atoms with Crippen LogP contribution in [0.5, 0.6) is 0 Å². The summed E-state index contributed by atoms with van der Waals surface area (Å²) in [6.45, 7) is 0. The first-order chi connectivity index (χ1) is 6.68. The molecule has 2 rings (SSSR count). The summed E-state index contributed by atoms with van der Waals surface area (Å²) in [6, 6.07) is 5.40. The average Bonchev–Trinajstić information content (AvgIpc) is 2.48. The van der Waals surface area contributed by atoms with Gasteiger partial charge in [-0.05, 0) is 17.5 Å². The zero-order valence-electron chi connectivity index (χ0n) is 7.49. The standard InChI is InChI=1S/C10H10O3S/c11-9-5-4-7-2-1-3-8(10(7)9)6-14(12)13/h1-3H,4-6H2,(H,12,13)/p-1. The van der Waals surface area contributed by atoms with E-state index < -0.39 is 11.1 Å². The maximum absolute atomic E-state index is 11.5. The predicted molar refractivity (Wildman–Crippen MR) is 51.7 cm³/mol. The minimum atomic E-state index is -2.13. The Morgan fingerprint density at radius 1 is 1.36 bits per heavy atom. The molecule has 4 heteroatoms. The second kappa shape index (κ2) is 3.63. The van der Waals surface area contributed by atoms with Crippen molar-refractivity contribution in [3.8, 4) is 0 Å². The van der Waals surface area contributed by atoms with E-state index >= 15 is 0 Å². The lowest BCUT2D eigenvalue weighted by molar-refractivity contribution is 0.0994. The van der Waals surface area contributed by atoms with Gasteiger partial charge in [-0.25, -0.2) is 0 Å². The van der Waals surface area contributed by atoms with E-state index in [0.29, 0.717) is 17.5 Å².